The zero-order valence-corrected chi connectivity index (χ0v) is 17.5. The van der Waals surface area contributed by atoms with Gasteiger partial charge in [-0.05, 0) is 54.6 Å². The van der Waals surface area contributed by atoms with Crippen LogP contribution in [-0.2, 0) is 9.84 Å². The first kappa shape index (κ1) is 19.8. The molecule has 0 fully saturated rings. The van der Waals surface area contributed by atoms with Crippen molar-refractivity contribution in [2.75, 3.05) is 0 Å². The summed E-state index contributed by atoms with van der Waals surface area (Å²) in [7, 11) is -3.60. The first-order chi connectivity index (χ1) is 15.6. The summed E-state index contributed by atoms with van der Waals surface area (Å²) in [5.74, 6) is 0.813. The molecule has 0 atom stereocenters. The third kappa shape index (κ3) is 3.48. The van der Waals surface area contributed by atoms with Crippen LogP contribution in [0.15, 0.2) is 105 Å². The molecule has 6 nitrogen and oxygen atoms in total. The Morgan fingerprint density at radius 3 is 2.19 bits per heavy atom. The fourth-order valence-electron chi connectivity index (χ4n) is 3.54. The lowest BCUT2D eigenvalue weighted by atomic mass is 10.0. The first-order valence-electron chi connectivity index (χ1n) is 9.77. The number of furan rings is 1. The second-order valence-electron chi connectivity index (χ2n) is 7.11. The van der Waals surface area contributed by atoms with Crippen molar-refractivity contribution in [3.05, 3.63) is 97.0 Å². The number of hydrogen-bond acceptors (Lipinski definition) is 6. The largest absolute Gasteiger partial charge is 0.453 e. The van der Waals surface area contributed by atoms with Crippen molar-refractivity contribution in [1.82, 2.24) is 9.97 Å². The molecular formula is C25H16N2O4S. The Balaban J connectivity index is 1.57. The van der Waals surface area contributed by atoms with Crippen LogP contribution in [0.4, 0.5) is 0 Å². The Kier molecular flexibility index (Phi) is 4.88. The Hall–Kier alpha value is -4.10. The van der Waals surface area contributed by atoms with E-state index in [-0.39, 0.29) is 15.6 Å². The zero-order chi connectivity index (χ0) is 22.1. The second kappa shape index (κ2) is 7.86. The van der Waals surface area contributed by atoms with Gasteiger partial charge in [-0.3, -0.25) is 4.79 Å². The minimum absolute atomic E-state index is 0.212. The van der Waals surface area contributed by atoms with Gasteiger partial charge in [0.2, 0.25) is 9.84 Å². The first-order valence-corrected chi connectivity index (χ1v) is 11.3. The number of hydrogen-bond donors (Lipinski definition) is 0. The van der Waals surface area contributed by atoms with E-state index in [1.807, 2.05) is 18.2 Å². The van der Waals surface area contributed by atoms with Crippen molar-refractivity contribution in [3.8, 4) is 22.6 Å². The second-order valence-corrected chi connectivity index (χ2v) is 9.06. The van der Waals surface area contributed by atoms with Crippen LogP contribution in [0.5, 0.6) is 0 Å². The summed E-state index contributed by atoms with van der Waals surface area (Å²) in [5, 5.41) is 0.785. The Labute approximate surface area is 184 Å². The molecule has 2 aromatic heterocycles. The molecule has 0 aliphatic rings. The van der Waals surface area contributed by atoms with Gasteiger partial charge in [0.05, 0.1) is 21.0 Å². The van der Waals surface area contributed by atoms with E-state index in [0.29, 0.717) is 17.7 Å². The van der Waals surface area contributed by atoms with Crippen LogP contribution in [0, 0.1) is 0 Å². The Morgan fingerprint density at radius 2 is 1.47 bits per heavy atom. The third-order valence-corrected chi connectivity index (χ3v) is 6.94. The maximum Gasteiger partial charge on any atom is 0.206 e. The normalized spacial score (nSPS) is 11.5. The molecule has 156 valence electrons. The molecule has 0 aliphatic heterocycles. The number of carbonyl (C=O) groups excluding carboxylic acids is 1. The molecule has 0 spiro atoms. The van der Waals surface area contributed by atoms with E-state index in [2.05, 4.69) is 9.97 Å². The summed E-state index contributed by atoms with van der Waals surface area (Å²) in [5.41, 5.74) is 2.95. The molecule has 3 aromatic carbocycles. The van der Waals surface area contributed by atoms with Gasteiger partial charge in [0.1, 0.15) is 12.1 Å². The van der Waals surface area contributed by atoms with Crippen molar-refractivity contribution < 1.29 is 17.6 Å². The number of benzene rings is 3. The molecule has 0 unspecified atom stereocenters. The van der Waals surface area contributed by atoms with E-state index in [1.54, 1.807) is 66.7 Å². The fraction of sp³-hybridized carbons (Fsp3) is 0. The van der Waals surface area contributed by atoms with Gasteiger partial charge >= 0.3 is 0 Å². The summed E-state index contributed by atoms with van der Waals surface area (Å²) >= 11 is 0. The van der Waals surface area contributed by atoms with Crippen LogP contribution < -0.4 is 0 Å². The van der Waals surface area contributed by atoms with Gasteiger partial charge in [-0.1, -0.05) is 30.3 Å². The summed E-state index contributed by atoms with van der Waals surface area (Å²) in [4.78, 5) is 20.2. The molecule has 0 amide bonds. The van der Waals surface area contributed by atoms with Gasteiger partial charge in [-0.2, -0.15) is 0 Å². The highest BCUT2D eigenvalue weighted by molar-refractivity contribution is 7.91. The number of aldehydes is 1. The highest BCUT2D eigenvalue weighted by Crippen LogP contribution is 2.31. The molecule has 2 heterocycles. The number of rotatable bonds is 5. The molecule has 0 aliphatic carbocycles. The van der Waals surface area contributed by atoms with Gasteiger partial charge in [0.15, 0.2) is 12.0 Å². The number of carbonyl (C=O) groups is 1. The maximum absolute atomic E-state index is 12.9. The summed E-state index contributed by atoms with van der Waals surface area (Å²) in [6.45, 7) is 0. The average molecular weight is 440 g/mol. The van der Waals surface area contributed by atoms with Crippen molar-refractivity contribution >= 4 is 27.0 Å². The van der Waals surface area contributed by atoms with Crippen LogP contribution in [0.1, 0.15) is 10.6 Å². The lowest BCUT2D eigenvalue weighted by Crippen LogP contribution is -2.01. The van der Waals surface area contributed by atoms with Crippen molar-refractivity contribution in [1.29, 1.82) is 0 Å². The summed E-state index contributed by atoms with van der Waals surface area (Å²) in [6.07, 6.45) is 2.13. The van der Waals surface area contributed by atoms with Gasteiger partial charge in [0, 0.05) is 16.5 Å². The fourth-order valence-corrected chi connectivity index (χ4v) is 4.82. The summed E-state index contributed by atoms with van der Waals surface area (Å²) < 4.78 is 31.3. The Bertz CT molecular complexity index is 1540. The van der Waals surface area contributed by atoms with Gasteiger partial charge in [-0.25, -0.2) is 18.4 Å². The van der Waals surface area contributed by atoms with Crippen LogP contribution >= 0.6 is 0 Å². The number of fused-ring (bicyclic) bond motifs is 1. The zero-order valence-electron chi connectivity index (χ0n) is 16.7. The van der Waals surface area contributed by atoms with Crippen molar-refractivity contribution in [2.45, 2.75) is 9.79 Å². The molecule has 5 rings (SSSR count). The van der Waals surface area contributed by atoms with Gasteiger partial charge < -0.3 is 4.42 Å². The van der Waals surface area contributed by atoms with Crippen LogP contribution in [-0.4, -0.2) is 24.7 Å². The molecule has 32 heavy (non-hydrogen) atoms. The Morgan fingerprint density at radius 1 is 0.750 bits per heavy atom. The lowest BCUT2D eigenvalue weighted by Gasteiger charge is -2.09. The number of nitrogens with zero attached hydrogens (tertiary/aromatic N) is 2. The van der Waals surface area contributed by atoms with Crippen molar-refractivity contribution in [3.63, 3.8) is 0 Å². The molecule has 5 aromatic rings. The number of sulfone groups is 1. The van der Waals surface area contributed by atoms with E-state index in [4.69, 9.17) is 4.42 Å². The summed E-state index contributed by atoms with van der Waals surface area (Å²) in [6, 6.07) is 23.9. The van der Waals surface area contributed by atoms with Crippen molar-refractivity contribution in [2.24, 2.45) is 0 Å². The molecular weight excluding hydrogens is 424 g/mol. The van der Waals surface area contributed by atoms with E-state index in [0.717, 1.165) is 22.0 Å². The van der Waals surface area contributed by atoms with E-state index in [1.165, 1.54) is 6.33 Å². The molecule has 0 bridgehead atoms. The standard InChI is InChI=1S/C25H16N2O4S/c28-15-19-9-13-24(31-19)18-8-12-23-22(14-18)25(27-16-26-23)17-6-10-21(11-7-17)32(29,30)20-4-2-1-3-5-20/h1-16H. The average Bonchev–Trinajstić information content (AvgIpc) is 3.33. The minimum Gasteiger partial charge on any atom is -0.453 e. The number of aromatic nitrogens is 2. The van der Waals surface area contributed by atoms with Crippen LogP contribution in [0.3, 0.4) is 0 Å². The van der Waals surface area contributed by atoms with E-state index >= 15 is 0 Å². The quantitative estimate of drug-likeness (QED) is 0.349. The highest BCUT2D eigenvalue weighted by Gasteiger charge is 2.18. The molecule has 0 saturated carbocycles. The van der Waals surface area contributed by atoms with Crippen LogP contribution in [0.2, 0.25) is 0 Å². The van der Waals surface area contributed by atoms with Crippen LogP contribution in [0.25, 0.3) is 33.5 Å². The highest BCUT2D eigenvalue weighted by atomic mass is 32.2. The SMILES string of the molecule is O=Cc1ccc(-c2ccc3ncnc(-c4ccc(S(=O)(=O)c5ccccc5)cc4)c3c2)o1. The minimum atomic E-state index is -3.60. The molecule has 7 heteroatoms. The van der Waals surface area contributed by atoms with E-state index < -0.39 is 9.84 Å². The topological polar surface area (TPSA) is 90.1 Å². The monoisotopic (exact) mass is 440 g/mol. The molecule has 0 radical (unpaired) electrons. The predicted octanol–water partition coefficient (Wildman–Crippen LogP) is 5.20. The smallest absolute Gasteiger partial charge is 0.206 e. The predicted molar refractivity (Wildman–Crippen MR) is 120 cm³/mol. The molecule has 0 N–H and O–H groups in total. The third-order valence-electron chi connectivity index (χ3n) is 5.15. The van der Waals surface area contributed by atoms with E-state index in [9.17, 15) is 13.2 Å². The van der Waals surface area contributed by atoms with Gasteiger partial charge in [-0.15, -0.1) is 0 Å². The maximum atomic E-state index is 12.9. The van der Waals surface area contributed by atoms with Gasteiger partial charge in [0.25, 0.3) is 0 Å². The molecule has 0 saturated heterocycles. The lowest BCUT2D eigenvalue weighted by molar-refractivity contribution is 0.110.